The molecule has 0 unspecified atom stereocenters. The van der Waals surface area contributed by atoms with Crippen LogP contribution in [0.5, 0.6) is 0 Å². The molecule has 0 radical (unpaired) electrons. The zero-order chi connectivity index (χ0) is 15.4. The van der Waals surface area contributed by atoms with Crippen LogP contribution in [0.2, 0.25) is 0 Å². The molecule has 0 fully saturated rings. The lowest BCUT2D eigenvalue weighted by molar-refractivity contribution is 0.970. The van der Waals surface area contributed by atoms with Crippen LogP contribution in [-0.2, 0) is 7.05 Å². The molecular formula is C20H15N3. The van der Waals surface area contributed by atoms with Crippen molar-refractivity contribution in [2.75, 3.05) is 0 Å². The van der Waals surface area contributed by atoms with E-state index in [1.807, 2.05) is 0 Å². The molecule has 0 saturated carbocycles. The fraction of sp³-hybridized carbons (Fsp3) is 0.0500. The Hall–Kier alpha value is -3.07. The van der Waals surface area contributed by atoms with Gasteiger partial charge in [-0.15, -0.1) is 0 Å². The third-order valence-corrected chi connectivity index (χ3v) is 4.54. The van der Waals surface area contributed by atoms with Crippen LogP contribution in [0.1, 0.15) is 0 Å². The van der Waals surface area contributed by atoms with Gasteiger partial charge < -0.3 is 4.57 Å². The van der Waals surface area contributed by atoms with Crippen molar-refractivity contribution in [2.24, 2.45) is 7.05 Å². The summed E-state index contributed by atoms with van der Waals surface area (Å²) in [5.41, 5.74) is 4.54. The zero-order valence-corrected chi connectivity index (χ0v) is 12.8. The first-order valence-electron chi connectivity index (χ1n) is 7.73. The summed E-state index contributed by atoms with van der Waals surface area (Å²) in [6.07, 6.45) is 2.13. The Balaban J connectivity index is 1.77. The van der Waals surface area contributed by atoms with Gasteiger partial charge in [0.1, 0.15) is 0 Å². The third kappa shape index (κ3) is 1.73. The van der Waals surface area contributed by atoms with Crippen LogP contribution in [0.4, 0.5) is 0 Å². The summed E-state index contributed by atoms with van der Waals surface area (Å²) in [5.74, 6) is 0.967. The van der Waals surface area contributed by atoms with Gasteiger partial charge in [-0.1, -0.05) is 48.5 Å². The Morgan fingerprint density at radius 3 is 2.39 bits per heavy atom. The molecule has 23 heavy (non-hydrogen) atoms. The Morgan fingerprint density at radius 2 is 1.52 bits per heavy atom. The molecule has 0 atom stereocenters. The predicted molar refractivity (Wildman–Crippen MR) is 94.6 cm³/mol. The van der Waals surface area contributed by atoms with Crippen LogP contribution in [0.3, 0.4) is 0 Å². The maximum absolute atomic E-state index is 4.85. The predicted octanol–water partition coefficient (Wildman–Crippen LogP) is 4.65. The summed E-state index contributed by atoms with van der Waals surface area (Å²) >= 11 is 0. The number of hydrogen-bond acceptors (Lipinski definition) is 1. The molecule has 3 heteroatoms. The first kappa shape index (κ1) is 12.5. The molecule has 3 aromatic carbocycles. The number of imidazole rings is 2. The van der Waals surface area contributed by atoms with E-state index < -0.39 is 0 Å². The van der Waals surface area contributed by atoms with Gasteiger partial charge in [-0.05, 0) is 29.0 Å². The van der Waals surface area contributed by atoms with Crippen molar-refractivity contribution < 1.29 is 0 Å². The SMILES string of the molecule is Cn1c2ccccc2n2cc(-c3ccc4ccccc4c3)nc12. The fourth-order valence-electron chi connectivity index (χ4n) is 3.33. The largest absolute Gasteiger partial charge is 0.313 e. The average Bonchev–Trinajstić information content (AvgIpc) is 3.15. The molecule has 0 aliphatic rings. The van der Waals surface area contributed by atoms with Gasteiger partial charge in [-0.3, -0.25) is 4.40 Å². The number of fused-ring (bicyclic) bond motifs is 4. The van der Waals surface area contributed by atoms with Crippen molar-refractivity contribution >= 4 is 27.6 Å². The second kappa shape index (κ2) is 4.46. The van der Waals surface area contributed by atoms with E-state index >= 15 is 0 Å². The van der Waals surface area contributed by atoms with Crippen molar-refractivity contribution in [2.45, 2.75) is 0 Å². The minimum atomic E-state index is 0.967. The molecule has 0 aliphatic heterocycles. The molecule has 0 amide bonds. The molecule has 0 bridgehead atoms. The van der Waals surface area contributed by atoms with Crippen molar-refractivity contribution in [1.29, 1.82) is 0 Å². The van der Waals surface area contributed by atoms with Gasteiger partial charge in [-0.25, -0.2) is 4.98 Å². The molecule has 110 valence electrons. The van der Waals surface area contributed by atoms with Crippen molar-refractivity contribution in [3.63, 3.8) is 0 Å². The summed E-state index contributed by atoms with van der Waals surface area (Å²) in [4.78, 5) is 4.85. The average molecular weight is 297 g/mol. The van der Waals surface area contributed by atoms with Gasteiger partial charge >= 0.3 is 0 Å². The van der Waals surface area contributed by atoms with Crippen molar-refractivity contribution in [1.82, 2.24) is 14.0 Å². The number of benzene rings is 3. The number of hydrogen-bond donors (Lipinski definition) is 0. The van der Waals surface area contributed by atoms with E-state index in [1.54, 1.807) is 0 Å². The van der Waals surface area contributed by atoms with E-state index in [2.05, 4.69) is 88.9 Å². The Bertz CT molecular complexity index is 1180. The van der Waals surface area contributed by atoms with Gasteiger partial charge in [0, 0.05) is 18.8 Å². The summed E-state index contributed by atoms with van der Waals surface area (Å²) < 4.78 is 4.31. The number of para-hydroxylation sites is 2. The van der Waals surface area contributed by atoms with Crippen molar-refractivity contribution in [3.8, 4) is 11.3 Å². The Labute approximate surface area is 133 Å². The summed E-state index contributed by atoms with van der Waals surface area (Å²) in [7, 11) is 2.06. The quantitative estimate of drug-likeness (QED) is 0.441. The van der Waals surface area contributed by atoms with E-state index in [0.717, 1.165) is 17.0 Å². The minimum absolute atomic E-state index is 0.967. The molecule has 5 aromatic rings. The smallest absolute Gasteiger partial charge is 0.215 e. The molecule has 0 aliphatic carbocycles. The third-order valence-electron chi connectivity index (χ3n) is 4.54. The summed E-state index contributed by atoms with van der Waals surface area (Å²) in [6.45, 7) is 0. The van der Waals surface area contributed by atoms with E-state index in [-0.39, 0.29) is 0 Å². The van der Waals surface area contributed by atoms with Gasteiger partial charge in [0.2, 0.25) is 5.78 Å². The summed E-state index contributed by atoms with van der Waals surface area (Å²) in [5, 5.41) is 2.50. The van der Waals surface area contributed by atoms with Crippen LogP contribution in [-0.4, -0.2) is 14.0 Å². The Kier molecular flexibility index (Phi) is 2.42. The number of nitrogens with zero attached hydrogens (tertiary/aromatic N) is 3. The normalized spacial score (nSPS) is 11.7. The number of aryl methyl sites for hydroxylation is 1. The van der Waals surface area contributed by atoms with E-state index in [4.69, 9.17) is 4.98 Å². The van der Waals surface area contributed by atoms with Crippen LogP contribution in [0.15, 0.2) is 72.9 Å². The van der Waals surface area contributed by atoms with Crippen LogP contribution in [0.25, 0.3) is 38.8 Å². The fourth-order valence-corrected chi connectivity index (χ4v) is 3.33. The molecule has 3 nitrogen and oxygen atoms in total. The lowest BCUT2D eigenvalue weighted by Crippen LogP contribution is -1.88. The standard InChI is InChI=1S/C20H15N3/c1-22-18-8-4-5-9-19(18)23-13-17(21-20(22)23)16-11-10-14-6-2-3-7-15(14)12-16/h2-13H,1H3. The second-order valence-corrected chi connectivity index (χ2v) is 5.91. The maximum Gasteiger partial charge on any atom is 0.215 e. The number of rotatable bonds is 1. The minimum Gasteiger partial charge on any atom is -0.313 e. The second-order valence-electron chi connectivity index (χ2n) is 5.91. The highest BCUT2D eigenvalue weighted by Gasteiger charge is 2.12. The Morgan fingerprint density at radius 1 is 0.783 bits per heavy atom. The first-order valence-corrected chi connectivity index (χ1v) is 7.73. The molecule has 0 spiro atoms. The molecule has 2 aromatic heterocycles. The van der Waals surface area contributed by atoms with Crippen LogP contribution >= 0.6 is 0 Å². The summed E-state index contributed by atoms with van der Waals surface area (Å²) in [6, 6.07) is 23.3. The van der Waals surface area contributed by atoms with E-state index in [0.29, 0.717) is 0 Å². The van der Waals surface area contributed by atoms with Crippen LogP contribution < -0.4 is 0 Å². The zero-order valence-electron chi connectivity index (χ0n) is 12.8. The lowest BCUT2D eigenvalue weighted by Gasteiger charge is -2.01. The van der Waals surface area contributed by atoms with Gasteiger partial charge in [0.05, 0.1) is 16.7 Å². The highest BCUT2D eigenvalue weighted by atomic mass is 15.2. The highest BCUT2D eigenvalue weighted by molar-refractivity contribution is 5.87. The monoisotopic (exact) mass is 297 g/mol. The topological polar surface area (TPSA) is 22.2 Å². The first-order chi connectivity index (χ1) is 11.3. The van der Waals surface area contributed by atoms with E-state index in [9.17, 15) is 0 Å². The molecule has 0 N–H and O–H groups in total. The highest BCUT2D eigenvalue weighted by Crippen LogP contribution is 2.27. The lowest BCUT2D eigenvalue weighted by atomic mass is 10.1. The molecule has 5 rings (SSSR count). The van der Waals surface area contributed by atoms with Crippen molar-refractivity contribution in [3.05, 3.63) is 72.9 Å². The maximum atomic E-state index is 4.85. The van der Waals surface area contributed by atoms with Gasteiger partial charge in [-0.2, -0.15) is 0 Å². The van der Waals surface area contributed by atoms with E-state index in [1.165, 1.54) is 21.8 Å². The number of aromatic nitrogens is 3. The van der Waals surface area contributed by atoms with Gasteiger partial charge in [0.25, 0.3) is 0 Å². The van der Waals surface area contributed by atoms with Gasteiger partial charge in [0.15, 0.2) is 0 Å². The van der Waals surface area contributed by atoms with Crippen LogP contribution in [0, 0.1) is 0 Å². The molecular weight excluding hydrogens is 282 g/mol. The molecule has 2 heterocycles. The molecule has 0 saturated heterocycles.